The van der Waals surface area contributed by atoms with E-state index in [9.17, 15) is 0 Å². The number of rotatable bonds is 7. The largest absolute Gasteiger partial charge is 0.298 e. The van der Waals surface area contributed by atoms with Crippen LogP contribution in [-0.4, -0.2) is 48.1 Å². The maximum Gasteiger partial charge on any atom is 0.0223 e. The molecular formula is C17H34N2. The third-order valence-corrected chi connectivity index (χ3v) is 5.12. The van der Waals surface area contributed by atoms with Crippen LogP contribution in [-0.2, 0) is 0 Å². The lowest BCUT2D eigenvalue weighted by Crippen LogP contribution is -2.58. The first kappa shape index (κ1) is 15.3. The van der Waals surface area contributed by atoms with E-state index in [-0.39, 0.29) is 0 Å². The SMILES string of the molecule is CCCCCCCCN1CC2CCCCN2CC1C. The highest BCUT2D eigenvalue weighted by molar-refractivity contribution is 4.88. The summed E-state index contributed by atoms with van der Waals surface area (Å²) in [5, 5.41) is 0. The van der Waals surface area contributed by atoms with Crippen LogP contribution in [0.2, 0.25) is 0 Å². The second-order valence-electron chi connectivity index (χ2n) is 6.76. The lowest BCUT2D eigenvalue weighted by atomic mass is 9.97. The molecule has 2 atom stereocenters. The minimum atomic E-state index is 0.782. The van der Waals surface area contributed by atoms with Gasteiger partial charge >= 0.3 is 0 Å². The summed E-state index contributed by atoms with van der Waals surface area (Å²) in [4.78, 5) is 5.53. The zero-order valence-corrected chi connectivity index (χ0v) is 13.2. The predicted molar refractivity (Wildman–Crippen MR) is 83.6 cm³/mol. The second-order valence-corrected chi connectivity index (χ2v) is 6.76. The molecule has 0 N–H and O–H groups in total. The highest BCUT2D eigenvalue weighted by Crippen LogP contribution is 2.24. The number of unbranched alkanes of at least 4 members (excludes halogenated alkanes) is 5. The standard InChI is InChI=1S/C17H34N2/c1-3-4-5-6-7-9-12-18-15-17-11-8-10-13-19(17)14-16(18)2/h16-17H,3-15H2,1-2H3. The molecule has 112 valence electrons. The molecule has 0 aromatic rings. The molecule has 0 saturated carbocycles. The summed E-state index contributed by atoms with van der Waals surface area (Å²) in [6, 6.07) is 1.66. The van der Waals surface area contributed by atoms with Crippen LogP contribution in [0.4, 0.5) is 0 Å². The molecule has 2 aliphatic heterocycles. The van der Waals surface area contributed by atoms with Gasteiger partial charge in [-0.1, -0.05) is 45.4 Å². The maximum atomic E-state index is 2.77. The summed E-state index contributed by atoms with van der Waals surface area (Å²) < 4.78 is 0. The van der Waals surface area contributed by atoms with Gasteiger partial charge < -0.3 is 0 Å². The van der Waals surface area contributed by atoms with E-state index in [0.29, 0.717) is 0 Å². The zero-order valence-electron chi connectivity index (χ0n) is 13.2. The highest BCUT2D eigenvalue weighted by Gasteiger charge is 2.32. The van der Waals surface area contributed by atoms with Crippen molar-refractivity contribution in [1.82, 2.24) is 9.80 Å². The van der Waals surface area contributed by atoms with Crippen molar-refractivity contribution in [3.8, 4) is 0 Å². The van der Waals surface area contributed by atoms with Gasteiger partial charge in [-0.2, -0.15) is 0 Å². The number of piperazine rings is 1. The Morgan fingerprint density at radius 3 is 2.58 bits per heavy atom. The topological polar surface area (TPSA) is 6.48 Å². The van der Waals surface area contributed by atoms with E-state index < -0.39 is 0 Å². The maximum absolute atomic E-state index is 2.77. The van der Waals surface area contributed by atoms with Crippen LogP contribution in [0.5, 0.6) is 0 Å². The van der Waals surface area contributed by atoms with Gasteiger partial charge in [0.25, 0.3) is 0 Å². The fourth-order valence-electron chi connectivity index (χ4n) is 3.82. The van der Waals surface area contributed by atoms with Crippen molar-refractivity contribution in [3.63, 3.8) is 0 Å². The van der Waals surface area contributed by atoms with E-state index in [1.165, 1.54) is 84.0 Å². The average molecular weight is 266 g/mol. The zero-order chi connectivity index (χ0) is 13.5. The molecule has 2 rings (SSSR count). The molecule has 0 aliphatic carbocycles. The summed E-state index contributed by atoms with van der Waals surface area (Å²) in [5.74, 6) is 0. The summed E-state index contributed by atoms with van der Waals surface area (Å²) >= 11 is 0. The van der Waals surface area contributed by atoms with E-state index in [1.807, 2.05) is 0 Å². The van der Waals surface area contributed by atoms with Crippen LogP contribution in [0.1, 0.15) is 71.6 Å². The number of hydrogen-bond acceptors (Lipinski definition) is 2. The molecule has 2 heteroatoms. The summed E-state index contributed by atoms with van der Waals surface area (Å²) in [5.41, 5.74) is 0. The Morgan fingerprint density at radius 1 is 0.947 bits per heavy atom. The normalized spacial score (nSPS) is 29.4. The Morgan fingerprint density at radius 2 is 1.74 bits per heavy atom. The number of hydrogen-bond donors (Lipinski definition) is 0. The van der Waals surface area contributed by atoms with Gasteiger partial charge in [-0.25, -0.2) is 0 Å². The van der Waals surface area contributed by atoms with Gasteiger partial charge in [0.05, 0.1) is 0 Å². The highest BCUT2D eigenvalue weighted by atomic mass is 15.3. The Labute approximate surface area is 120 Å². The van der Waals surface area contributed by atoms with E-state index >= 15 is 0 Å². The van der Waals surface area contributed by atoms with Gasteiger partial charge in [0.2, 0.25) is 0 Å². The molecule has 2 aliphatic rings. The molecule has 0 spiro atoms. The van der Waals surface area contributed by atoms with Crippen molar-refractivity contribution in [2.75, 3.05) is 26.2 Å². The smallest absolute Gasteiger partial charge is 0.0223 e. The molecule has 2 unspecified atom stereocenters. The monoisotopic (exact) mass is 266 g/mol. The van der Waals surface area contributed by atoms with Gasteiger partial charge in [-0.05, 0) is 39.3 Å². The Hall–Kier alpha value is -0.0800. The minimum Gasteiger partial charge on any atom is -0.298 e. The van der Waals surface area contributed by atoms with Gasteiger partial charge in [-0.3, -0.25) is 9.80 Å². The van der Waals surface area contributed by atoms with Crippen molar-refractivity contribution in [2.24, 2.45) is 0 Å². The van der Waals surface area contributed by atoms with Gasteiger partial charge in [-0.15, -0.1) is 0 Å². The minimum absolute atomic E-state index is 0.782. The predicted octanol–water partition coefficient (Wildman–Crippen LogP) is 3.91. The molecule has 0 aromatic carbocycles. The Kier molecular flexibility index (Phi) is 6.66. The van der Waals surface area contributed by atoms with Crippen LogP contribution in [0, 0.1) is 0 Å². The lowest BCUT2D eigenvalue weighted by Gasteiger charge is -2.47. The van der Waals surface area contributed by atoms with Gasteiger partial charge in [0, 0.05) is 25.2 Å². The average Bonchev–Trinajstić information content (AvgIpc) is 2.43. The number of nitrogens with zero attached hydrogens (tertiary/aromatic N) is 2. The first-order valence-electron chi connectivity index (χ1n) is 8.79. The van der Waals surface area contributed by atoms with E-state index in [1.54, 1.807) is 0 Å². The molecule has 2 fully saturated rings. The van der Waals surface area contributed by atoms with Gasteiger partial charge in [0.15, 0.2) is 0 Å². The fourth-order valence-corrected chi connectivity index (χ4v) is 3.82. The lowest BCUT2D eigenvalue weighted by molar-refractivity contribution is 0.0146. The van der Waals surface area contributed by atoms with E-state index in [0.717, 1.165) is 12.1 Å². The van der Waals surface area contributed by atoms with Crippen LogP contribution in [0.3, 0.4) is 0 Å². The molecule has 2 saturated heterocycles. The summed E-state index contributed by atoms with van der Waals surface area (Å²) in [7, 11) is 0. The van der Waals surface area contributed by atoms with Gasteiger partial charge in [0.1, 0.15) is 0 Å². The van der Waals surface area contributed by atoms with Crippen molar-refractivity contribution in [1.29, 1.82) is 0 Å². The Balaban J connectivity index is 1.63. The molecule has 0 bridgehead atoms. The first-order valence-corrected chi connectivity index (χ1v) is 8.79. The van der Waals surface area contributed by atoms with Crippen LogP contribution < -0.4 is 0 Å². The number of fused-ring (bicyclic) bond motifs is 1. The molecule has 0 amide bonds. The fraction of sp³-hybridized carbons (Fsp3) is 1.00. The van der Waals surface area contributed by atoms with Crippen molar-refractivity contribution in [2.45, 2.75) is 83.7 Å². The second kappa shape index (κ2) is 8.26. The van der Waals surface area contributed by atoms with Crippen LogP contribution in [0.25, 0.3) is 0 Å². The molecule has 0 aromatic heterocycles. The molecule has 19 heavy (non-hydrogen) atoms. The summed E-state index contributed by atoms with van der Waals surface area (Å²) in [6.45, 7) is 10.1. The molecular weight excluding hydrogens is 232 g/mol. The third kappa shape index (κ3) is 4.75. The number of piperidine rings is 1. The first-order chi connectivity index (χ1) is 9.31. The third-order valence-electron chi connectivity index (χ3n) is 5.12. The van der Waals surface area contributed by atoms with E-state index in [4.69, 9.17) is 0 Å². The molecule has 2 nitrogen and oxygen atoms in total. The summed E-state index contributed by atoms with van der Waals surface area (Å²) in [6.07, 6.45) is 12.9. The van der Waals surface area contributed by atoms with Crippen LogP contribution in [0.15, 0.2) is 0 Å². The molecule has 0 radical (unpaired) electrons. The van der Waals surface area contributed by atoms with Crippen LogP contribution >= 0.6 is 0 Å². The Bertz CT molecular complexity index is 241. The van der Waals surface area contributed by atoms with Crippen molar-refractivity contribution >= 4 is 0 Å². The van der Waals surface area contributed by atoms with E-state index in [2.05, 4.69) is 23.6 Å². The quantitative estimate of drug-likeness (QED) is 0.645. The molecule has 2 heterocycles. The van der Waals surface area contributed by atoms with Crippen molar-refractivity contribution < 1.29 is 0 Å². The van der Waals surface area contributed by atoms with Crippen molar-refractivity contribution in [3.05, 3.63) is 0 Å².